The summed E-state index contributed by atoms with van der Waals surface area (Å²) < 4.78 is 0. The highest BCUT2D eigenvalue weighted by molar-refractivity contribution is 5.34. The monoisotopic (exact) mass is 187 g/mol. The van der Waals surface area contributed by atoms with E-state index in [-0.39, 0.29) is 5.54 Å². The van der Waals surface area contributed by atoms with Crippen LogP contribution in [-0.4, -0.2) is 5.54 Å². The summed E-state index contributed by atoms with van der Waals surface area (Å²) in [5, 5.41) is 0. The molecule has 0 aliphatic rings. The summed E-state index contributed by atoms with van der Waals surface area (Å²) in [5.74, 6) is 2.60. The molecule has 2 N–H and O–H groups in total. The maximum atomic E-state index is 5.91. The number of hydrogen-bond donors (Lipinski definition) is 1. The van der Waals surface area contributed by atoms with Crippen LogP contribution in [0.25, 0.3) is 0 Å². The van der Waals surface area contributed by atoms with Crippen molar-refractivity contribution in [3.63, 3.8) is 0 Å². The Kier molecular flexibility index (Phi) is 3.33. The molecule has 1 nitrogen and oxygen atoms in total. The third-order valence-corrected chi connectivity index (χ3v) is 2.18. The van der Waals surface area contributed by atoms with Crippen LogP contribution in [0.2, 0.25) is 0 Å². The van der Waals surface area contributed by atoms with E-state index in [1.54, 1.807) is 0 Å². The lowest BCUT2D eigenvalue weighted by atomic mass is 9.96. The smallest absolute Gasteiger partial charge is 0.0242 e. The van der Waals surface area contributed by atoms with Gasteiger partial charge in [-0.25, -0.2) is 0 Å². The molecule has 0 saturated carbocycles. The van der Waals surface area contributed by atoms with E-state index in [2.05, 4.69) is 18.1 Å². The summed E-state index contributed by atoms with van der Waals surface area (Å²) in [7, 11) is 0. The lowest BCUT2D eigenvalue weighted by Gasteiger charge is -2.17. The minimum atomic E-state index is -0.0925. The minimum Gasteiger partial charge on any atom is -0.326 e. The van der Waals surface area contributed by atoms with E-state index in [0.29, 0.717) is 0 Å². The zero-order chi connectivity index (χ0) is 10.6. The standard InChI is InChI=1S/C13H17N/c1-4-11-5-7-12(8-6-11)9-10-13(2,3)14/h1,5-8H,9-10,14H2,2-3H3. The van der Waals surface area contributed by atoms with Crippen molar-refractivity contribution in [3.8, 4) is 12.3 Å². The van der Waals surface area contributed by atoms with Crippen LogP contribution >= 0.6 is 0 Å². The Labute approximate surface area is 86.3 Å². The molecule has 0 unspecified atom stereocenters. The van der Waals surface area contributed by atoms with Crippen molar-refractivity contribution in [2.75, 3.05) is 0 Å². The molecule has 0 spiro atoms. The lowest BCUT2D eigenvalue weighted by Crippen LogP contribution is -2.32. The van der Waals surface area contributed by atoms with Crippen molar-refractivity contribution in [3.05, 3.63) is 35.4 Å². The van der Waals surface area contributed by atoms with Gasteiger partial charge >= 0.3 is 0 Å². The highest BCUT2D eigenvalue weighted by Crippen LogP contribution is 2.11. The van der Waals surface area contributed by atoms with E-state index in [4.69, 9.17) is 12.2 Å². The maximum absolute atomic E-state index is 5.91. The van der Waals surface area contributed by atoms with Gasteiger partial charge in [0.1, 0.15) is 0 Å². The Balaban J connectivity index is 2.58. The second-order valence-electron chi connectivity index (χ2n) is 4.33. The molecule has 0 bridgehead atoms. The van der Waals surface area contributed by atoms with Crippen molar-refractivity contribution in [1.29, 1.82) is 0 Å². The molecule has 0 fully saturated rings. The fourth-order valence-corrected chi connectivity index (χ4v) is 1.23. The van der Waals surface area contributed by atoms with Gasteiger partial charge in [-0.3, -0.25) is 0 Å². The molecule has 1 heteroatoms. The van der Waals surface area contributed by atoms with Crippen molar-refractivity contribution < 1.29 is 0 Å². The van der Waals surface area contributed by atoms with Gasteiger partial charge in [0, 0.05) is 11.1 Å². The van der Waals surface area contributed by atoms with Crippen LogP contribution in [0.1, 0.15) is 31.4 Å². The molecule has 0 heterocycles. The Morgan fingerprint density at radius 2 is 1.86 bits per heavy atom. The van der Waals surface area contributed by atoms with E-state index >= 15 is 0 Å². The molecule has 0 aliphatic heterocycles. The van der Waals surface area contributed by atoms with Crippen molar-refractivity contribution >= 4 is 0 Å². The number of aryl methyl sites for hydroxylation is 1. The first-order valence-corrected chi connectivity index (χ1v) is 4.86. The number of hydrogen-bond acceptors (Lipinski definition) is 1. The molecule has 0 saturated heterocycles. The summed E-state index contributed by atoms with van der Waals surface area (Å²) in [6.07, 6.45) is 7.27. The zero-order valence-electron chi connectivity index (χ0n) is 8.88. The van der Waals surface area contributed by atoms with Gasteiger partial charge in [0.2, 0.25) is 0 Å². The van der Waals surface area contributed by atoms with E-state index < -0.39 is 0 Å². The quantitative estimate of drug-likeness (QED) is 0.722. The lowest BCUT2D eigenvalue weighted by molar-refractivity contribution is 0.477. The number of rotatable bonds is 3. The first-order chi connectivity index (χ1) is 6.51. The maximum Gasteiger partial charge on any atom is 0.0242 e. The Bertz CT molecular complexity index is 322. The number of benzene rings is 1. The fraction of sp³-hybridized carbons (Fsp3) is 0.385. The predicted molar refractivity (Wildman–Crippen MR) is 61.0 cm³/mol. The van der Waals surface area contributed by atoms with Gasteiger partial charge in [-0.2, -0.15) is 0 Å². The molecule has 1 rings (SSSR count). The summed E-state index contributed by atoms with van der Waals surface area (Å²) in [6, 6.07) is 8.08. The van der Waals surface area contributed by atoms with Crippen LogP contribution in [0.4, 0.5) is 0 Å². The van der Waals surface area contributed by atoms with Gasteiger partial charge < -0.3 is 5.73 Å². The SMILES string of the molecule is C#Cc1ccc(CCC(C)(C)N)cc1. The third-order valence-electron chi connectivity index (χ3n) is 2.18. The second-order valence-corrected chi connectivity index (χ2v) is 4.33. The molecule has 0 aromatic heterocycles. The van der Waals surface area contributed by atoms with Gasteiger partial charge in [0.15, 0.2) is 0 Å². The van der Waals surface area contributed by atoms with Gasteiger partial charge in [-0.15, -0.1) is 6.42 Å². The third kappa shape index (κ3) is 3.64. The topological polar surface area (TPSA) is 26.0 Å². The van der Waals surface area contributed by atoms with E-state index in [0.717, 1.165) is 18.4 Å². The molecule has 0 amide bonds. The van der Waals surface area contributed by atoms with Crippen LogP contribution in [-0.2, 0) is 6.42 Å². The van der Waals surface area contributed by atoms with Gasteiger partial charge in [0.25, 0.3) is 0 Å². The predicted octanol–water partition coefficient (Wildman–Crippen LogP) is 2.34. The molecule has 0 atom stereocenters. The molecular weight excluding hydrogens is 170 g/mol. The summed E-state index contributed by atoms with van der Waals surface area (Å²) in [5.41, 5.74) is 8.04. The minimum absolute atomic E-state index is 0.0925. The summed E-state index contributed by atoms with van der Waals surface area (Å²) >= 11 is 0. The first kappa shape index (κ1) is 10.8. The van der Waals surface area contributed by atoms with E-state index in [9.17, 15) is 0 Å². The largest absolute Gasteiger partial charge is 0.326 e. The molecule has 1 aromatic carbocycles. The zero-order valence-corrected chi connectivity index (χ0v) is 8.88. The Hall–Kier alpha value is -1.26. The summed E-state index contributed by atoms with van der Waals surface area (Å²) in [4.78, 5) is 0. The highest BCUT2D eigenvalue weighted by Gasteiger charge is 2.09. The van der Waals surface area contributed by atoms with Crippen molar-refractivity contribution in [1.82, 2.24) is 0 Å². The number of nitrogens with two attached hydrogens (primary N) is 1. The first-order valence-electron chi connectivity index (χ1n) is 4.86. The average Bonchev–Trinajstić information content (AvgIpc) is 2.14. The van der Waals surface area contributed by atoms with E-state index in [1.807, 2.05) is 26.0 Å². The van der Waals surface area contributed by atoms with Crippen LogP contribution in [0, 0.1) is 12.3 Å². The molecule has 14 heavy (non-hydrogen) atoms. The molecule has 74 valence electrons. The van der Waals surface area contributed by atoms with Gasteiger partial charge in [-0.1, -0.05) is 18.1 Å². The normalized spacial score (nSPS) is 11.0. The van der Waals surface area contributed by atoms with E-state index in [1.165, 1.54) is 5.56 Å². The Morgan fingerprint density at radius 3 is 2.29 bits per heavy atom. The molecule has 0 radical (unpaired) electrons. The molecule has 1 aromatic rings. The van der Waals surface area contributed by atoms with Crippen LogP contribution in [0.3, 0.4) is 0 Å². The Morgan fingerprint density at radius 1 is 1.29 bits per heavy atom. The average molecular weight is 187 g/mol. The highest BCUT2D eigenvalue weighted by atomic mass is 14.7. The molecule has 0 aliphatic carbocycles. The van der Waals surface area contributed by atoms with Crippen LogP contribution in [0.5, 0.6) is 0 Å². The van der Waals surface area contributed by atoms with Crippen molar-refractivity contribution in [2.24, 2.45) is 5.73 Å². The van der Waals surface area contributed by atoms with Gasteiger partial charge in [0.05, 0.1) is 0 Å². The summed E-state index contributed by atoms with van der Waals surface area (Å²) in [6.45, 7) is 4.09. The van der Waals surface area contributed by atoms with Crippen molar-refractivity contribution in [2.45, 2.75) is 32.2 Å². The molecular formula is C13H17N. The second kappa shape index (κ2) is 4.30. The number of terminal acetylenes is 1. The van der Waals surface area contributed by atoms with Gasteiger partial charge in [-0.05, 0) is 44.4 Å². The van der Waals surface area contributed by atoms with Crippen LogP contribution < -0.4 is 5.73 Å². The van der Waals surface area contributed by atoms with Crippen LogP contribution in [0.15, 0.2) is 24.3 Å². The fourth-order valence-electron chi connectivity index (χ4n) is 1.23.